The van der Waals surface area contributed by atoms with Crippen LogP contribution < -0.4 is 0 Å². The molecule has 7 nitrogen and oxygen atoms in total. The fourth-order valence-electron chi connectivity index (χ4n) is 3.45. The number of carboxylic acid groups (broad SMARTS) is 1. The van der Waals surface area contributed by atoms with Crippen LogP contribution in [-0.2, 0) is 4.79 Å². The van der Waals surface area contributed by atoms with Gasteiger partial charge in [-0.3, -0.25) is 19.7 Å². The van der Waals surface area contributed by atoms with Crippen molar-refractivity contribution in [1.29, 1.82) is 0 Å². The van der Waals surface area contributed by atoms with Crippen LogP contribution in [0.5, 0.6) is 0 Å². The van der Waals surface area contributed by atoms with Crippen LogP contribution in [0.25, 0.3) is 0 Å². The van der Waals surface area contributed by atoms with E-state index in [1.807, 2.05) is 0 Å². The third kappa shape index (κ3) is 2.89. The number of aryl methyl sites for hydroxylation is 2. The van der Waals surface area contributed by atoms with E-state index < -0.39 is 47.9 Å². The highest BCUT2D eigenvalue weighted by atomic mass is 19.4. The number of nitro groups is 1. The van der Waals surface area contributed by atoms with Crippen molar-refractivity contribution in [3.63, 3.8) is 0 Å². The van der Waals surface area contributed by atoms with E-state index in [0.717, 1.165) is 4.90 Å². The lowest BCUT2D eigenvalue weighted by molar-refractivity contribution is -0.386. The van der Waals surface area contributed by atoms with Crippen molar-refractivity contribution < 1.29 is 32.8 Å². The SMILES string of the molecule is Cc1cc(C)c([N+](=O)[O-])c(C)c1C(=O)N1CCC(C(=O)O)(C(F)(F)F)C1. The minimum Gasteiger partial charge on any atom is -0.481 e. The van der Waals surface area contributed by atoms with Gasteiger partial charge in [0.05, 0.1) is 10.5 Å². The summed E-state index contributed by atoms with van der Waals surface area (Å²) >= 11 is 0. The molecular formula is C16H17F3N2O5. The fraction of sp³-hybridized carbons (Fsp3) is 0.500. The minimum atomic E-state index is -5.02. The maximum absolute atomic E-state index is 13.3. The molecule has 0 saturated carbocycles. The van der Waals surface area contributed by atoms with Gasteiger partial charge in [0, 0.05) is 24.2 Å². The van der Waals surface area contributed by atoms with Crippen molar-refractivity contribution in [2.45, 2.75) is 33.4 Å². The molecule has 1 aromatic carbocycles. The molecule has 1 aliphatic rings. The van der Waals surface area contributed by atoms with E-state index in [0.29, 0.717) is 11.1 Å². The quantitative estimate of drug-likeness (QED) is 0.647. The number of carboxylic acids is 1. The molecule has 1 unspecified atom stereocenters. The molecule has 1 saturated heterocycles. The summed E-state index contributed by atoms with van der Waals surface area (Å²) in [7, 11) is 0. The monoisotopic (exact) mass is 374 g/mol. The summed E-state index contributed by atoms with van der Waals surface area (Å²) in [6.45, 7) is 2.97. The second kappa shape index (κ2) is 6.26. The van der Waals surface area contributed by atoms with Gasteiger partial charge in [0.15, 0.2) is 5.41 Å². The van der Waals surface area contributed by atoms with Crippen molar-refractivity contribution in [3.05, 3.63) is 38.4 Å². The fourth-order valence-corrected chi connectivity index (χ4v) is 3.45. The Labute approximate surface area is 146 Å². The Morgan fingerprint density at radius 2 is 1.85 bits per heavy atom. The molecule has 0 bridgehead atoms. The topological polar surface area (TPSA) is 101 Å². The first-order valence-corrected chi connectivity index (χ1v) is 7.68. The molecule has 26 heavy (non-hydrogen) atoms. The van der Waals surface area contributed by atoms with Crippen molar-refractivity contribution in [2.24, 2.45) is 5.41 Å². The zero-order valence-corrected chi connectivity index (χ0v) is 14.3. The maximum Gasteiger partial charge on any atom is 0.406 e. The molecule has 0 aromatic heterocycles. The van der Waals surface area contributed by atoms with Crippen LogP contribution in [0.3, 0.4) is 0 Å². The first-order valence-electron chi connectivity index (χ1n) is 7.68. The van der Waals surface area contributed by atoms with Gasteiger partial charge in [-0.15, -0.1) is 0 Å². The van der Waals surface area contributed by atoms with Crippen LogP contribution in [-0.4, -0.2) is 46.1 Å². The zero-order chi connectivity index (χ0) is 20.0. The van der Waals surface area contributed by atoms with Crippen LogP contribution in [0.15, 0.2) is 6.07 Å². The Morgan fingerprint density at radius 1 is 1.27 bits per heavy atom. The van der Waals surface area contributed by atoms with Gasteiger partial charge in [-0.05, 0) is 38.8 Å². The number of aliphatic carboxylic acids is 1. The standard InChI is InChI=1S/C16H17F3N2O5/c1-8-6-9(2)12(21(25)26)10(3)11(8)13(22)20-5-4-15(7-20,14(23)24)16(17,18)19/h6H,4-5,7H2,1-3H3,(H,23,24). The molecule has 142 valence electrons. The predicted molar refractivity (Wildman–Crippen MR) is 84.0 cm³/mol. The van der Waals surface area contributed by atoms with Gasteiger partial charge >= 0.3 is 12.1 Å². The normalized spacial score (nSPS) is 20.3. The maximum atomic E-state index is 13.3. The first-order chi connectivity index (χ1) is 11.8. The Balaban J connectivity index is 2.48. The number of carbonyl (C=O) groups is 2. The zero-order valence-electron chi connectivity index (χ0n) is 14.3. The van der Waals surface area contributed by atoms with Crippen LogP contribution in [0.2, 0.25) is 0 Å². The number of benzene rings is 1. The van der Waals surface area contributed by atoms with Crippen molar-refractivity contribution in [3.8, 4) is 0 Å². The molecule has 0 spiro atoms. The second-order valence-corrected chi connectivity index (χ2v) is 6.48. The average Bonchev–Trinajstić information content (AvgIpc) is 2.92. The number of halogens is 3. The smallest absolute Gasteiger partial charge is 0.406 e. The average molecular weight is 374 g/mol. The predicted octanol–water partition coefficient (Wildman–Crippen LogP) is 3.00. The molecule has 10 heteroatoms. The van der Waals surface area contributed by atoms with Crippen molar-refractivity contribution >= 4 is 17.6 Å². The second-order valence-electron chi connectivity index (χ2n) is 6.48. The Kier molecular flexibility index (Phi) is 4.73. The third-order valence-electron chi connectivity index (χ3n) is 4.84. The number of hydrogen-bond donors (Lipinski definition) is 1. The molecule has 1 atom stereocenters. The summed E-state index contributed by atoms with van der Waals surface area (Å²) in [6, 6.07) is 1.42. The van der Waals surface area contributed by atoms with Gasteiger partial charge in [-0.1, -0.05) is 0 Å². The van der Waals surface area contributed by atoms with Crippen LogP contribution in [0.4, 0.5) is 18.9 Å². The number of rotatable bonds is 3. The molecule has 2 rings (SSSR count). The number of nitrogens with zero attached hydrogens (tertiary/aromatic N) is 2. The number of likely N-dealkylation sites (tertiary alicyclic amines) is 1. The molecule has 0 radical (unpaired) electrons. The molecule has 0 aliphatic carbocycles. The number of alkyl halides is 3. The Morgan fingerprint density at radius 3 is 2.27 bits per heavy atom. The van der Waals surface area contributed by atoms with E-state index in [4.69, 9.17) is 5.11 Å². The van der Waals surface area contributed by atoms with E-state index in [1.54, 1.807) is 0 Å². The van der Waals surface area contributed by atoms with Gasteiger partial charge in [-0.25, -0.2) is 0 Å². The van der Waals surface area contributed by atoms with E-state index in [9.17, 15) is 32.9 Å². The highest BCUT2D eigenvalue weighted by Crippen LogP contribution is 2.46. The molecule has 1 aromatic rings. The summed E-state index contributed by atoms with van der Waals surface area (Å²) in [5.74, 6) is -2.88. The van der Waals surface area contributed by atoms with Gasteiger partial charge in [-0.2, -0.15) is 13.2 Å². The van der Waals surface area contributed by atoms with Crippen molar-refractivity contribution in [1.82, 2.24) is 4.90 Å². The van der Waals surface area contributed by atoms with Crippen LogP contribution in [0, 0.1) is 36.3 Å². The lowest BCUT2D eigenvalue weighted by atomic mass is 9.86. The third-order valence-corrected chi connectivity index (χ3v) is 4.84. The number of carbonyl (C=O) groups excluding carboxylic acids is 1. The number of nitro benzene ring substituents is 1. The highest BCUT2D eigenvalue weighted by Gasteiger charge is 2.64. The molecule has 1 amide bonds. The molecule has 1 fully saturated rings. The Bertz CT molecular complexity index is 806. The summed E-state index contributed by atoms with van der Waals surface area (Å²) in [4.78, 5) is 35.4. The van der Waals surface area contributed by atoms with Gasteiger partial charge < -0.3 is 10.0 Å². The van der Waals surface area contributed by atoms with E-state index in [-0.39, 0.29) is 16.8 Å². The first kappa shape index (κ1) is 19.7. The number of amides is 1. The Hall–Kier alpha value is -2.65. The van der Waals surface area contributed by atoms with Crippen LogP contribution >= 0.6 is 0 Å². The summed E-state index contributed by atoms with van der Waals surface area (Å²) < 4.78 is 39.8. The molecular weight excluding hydrogens is 357 g/mol. The lowest BCUT2D eigenvalue weighted by Crippen LogP contribution is -2.47. The van der Waals surface area contributed by atoms with Gasteiger partial charge in [0.25, 0.3) is 11.6 Å². The summed E-state index contributed by atoms with van der Waals surface area (Å²) in [5, 5.41) is 20.3. The van der Waals surface area contributed by atoms with E-state index >= 15 is 0 Å². The van der Waals surface area contributed by atoms with Gasteiger partial charge in [0.1, 0.15) is 0 Å². The number of hydrogen-bond acceptors (Lipinski definition) is 4. The molecule has 1 heterocycles. The van der Waals surface area contributed by atoms with E-state index in [2.05, 4.69) is 0 Å². The summed E-state index contributed by atoms with van der Waals surface area (Å²) in [5.41, 5.74) is -2.60. The lowest BCUT2D eigenvalue weighted by Gasteiger charge is -2.27. The highest BCUT2D eigenvalue weighted by molar-refractivity contribution is 5.99. The van der Waals surface area contributed by atoms with Gasteiger partial charge in [0.2, 0.25) is 0 Å². The molecule has 1 N–H and O–H groups in total. The van der Waals surface area contributed by atoms with E-state index in [1.165, 1.54) is 26.8 Å². The van der Waals surface area contributed by atoms with Crippen LogP contribution in [0.1, 0.15) is 33.5 Å². The van der Waals surface area contributed by atoms with Crippen molar-refractivity contribution in [2.75, 3.05) is 13.1 Å². The minimum absolute atomic E-state index is 0.0531. The molecule has 1 aliphatic heterocycles. The largest absolute Gasteiger partial charge is 0.481 e. The summed E-state index contributed by atoms with van der Waals surface area (Å²) in [6.07, 6.45) is -5.78.